The van der Waals surface area contributed by atoms with Gasteiger partial charge in [-0.25, -0.2) is 9.37 Å². The fraction of sp³-hybridized carbons (Fsp3) is 0.263. The third-order valence-corrected chi connectivity index (χ3v) is 4.48. The van der Waals surface area contributed by atoms with Gasteiger partial charge in [0.15, 0.2) is 0 Å². The number of fused-ring (bicyclic) bond motifs is 1. The zero-order chi connectivity index (χ0) is 17.2. The molecular weight excluding hydrogens is 390 g/mol. The molecule has 1 aliphatic rings. The fourth-order valence-electron chi connectivity index (χ4n) is 3.20. The summed E-state index contributed by atoms with van der Waals surface area (Å²) < 4.78 is 13.1. The minimum atomic E-state index is -0.276. The van der Waals surface area contributed by atoms with Crippen LogP contribution in [0.1, 0.15) is 19.3 Å². The van der Waals surface area contributed by atoms with Gasteiger partial charge >= 0.3 is 0 Å². The SMILES string of the molecule is Cl.Cl.O=C(CC1CCCN1)Nc1ccc2nc(-c3ccc(F)cc3)[nH]c2c1. The highest BCUT2D eigenvalue weighted by Gasteiger charge is 2.17. The second-order valence-corrected chi connectivity index (χ2v) is 6.37. The van der Waals surface area contributed by atoms with E-state index in [1.54, 1.807) is 12.1 Å². The van der Waals surface area contributed by atoms with Gasteiger partial charge in [0.25, 0.3) is 0 Å². The van der Waals surface area contributed by atoms with Crippen LogP contribution in [0.25, 0.3) is 22.4 Å². The molecule has 1 fully saturated rings. The highest BCUT2D eigenvalue weighted by atomic mass is 35.5. The predicted octanol–water partition coefficient (Wildman–Crippen LogP) is 4.29. The van der Waals surface area contributed by atoms with Gasteiger partial charge < -0.3 is 15.6 Å². The molecule has 1 amide bonds. The van der Waals surface area contributed by atoms with E-state index in [1.165, 1.54) is 12.1 Å². The van der Waals surface area contributed by atoms with Crippen molar-refractivity contribution < 1.29 is 9.18 Å². The molecule has 2 aromatic carbocycles. The van der Waals surface area contributed by atoms with E-state index in [-0.39, 0.29) is 42.6 Å². The van der Waals surface area contributed by atoms with Gasteiger partial charge in [-0.3, -0.25) is 4.79 Å². The zero-order valence-electron chi connectivity index (χ0n) is 14.5. The highest BCUT2D eigenvalue weighted by Crippen LogP contribution is 2.23. The van der Waals surface area contributed by atoms with Crippen molar-refractivity contribution in [3.63, 3.8) is 0 Å². The molecule has 0 saturated carbocycles. The number of nitrogens with one attached hydrogen (secondary N) is 3. The lowest BCUT2D eigenvalue weighted by Crippen LogP contribution is -2.27. The average Bonchev–Trinajstić information content (AvgIpc) is 3.24. The Hall–Kier alpha value is -2.15. The second-order valence-electron chi connectivity index (χ2n) is 6.37. The topological polar surface area (TPSA) is 69.8 Å². The number of hydrogen-bond acceptors (Lipinski definition) is 3. The van der Waals surface area contributed by atoms with Crippen LogP contribution in [0.5, 0.6) is 0 Å². The summed E-state index contributed by atoms with van der Waals surface area (Å²) in [6, 6.07) is 12.0. The number of hydrogen-bond donors (Lipinski definition) is 3. The number of amides is 1. The predicted molar refractivity (Wildman–Crippen MR) is 110 cm³/mol. The number of benzene rings is 2. The van der Waals surface area contributed by atoms with Crippen molar-refractivity contribution >= 4 is 47.4 Å². The van der Waals surface area contributed by atoms with E-state index in [9.17, 15) is 9.18 Å². The van der Waals surface area contributed by atoms with Crippen molar-refractivity contribution in [1.82, 2.24) is 15.3 Å². The largest absolute Gasteiger partial charge is 0.338 e. The van der Waals surface area contributed by atoms with Crippen LogP contribution in [0, 0.1) is 5.82 Å². The van der Waals surface area contributed by atoms with Crippen molar-refractivity contribution in [2.24, 2.45) is 0 Å². The zero-order valence-corrected chi connectivity index (χ0v) is 16.1. The second kappa shape index (κ2) is 9.17. The molecule has 0 bridgehead atoms. The first-order valence-electron chi connectivity index (χ1n) is 8.46. The van der Waals surface area contributed by atoms with Gasteiger partial charge in [-0.15, -0.1) is 24.8 Å². The number of nitrogens with zero attached hydrogens (tertiary/aromatic N) is 1. The first-order valence-corrected chi connectivity index (χ1v) is 8.46. The maximum absolute atomic E-state index is 13.1. The van der Waals surface area contributed by atoms with Crippen molar-refractivity contribution in [1.29, 1.82) is 0 Å². The Morgan fingerprint density at radius 2 is 1.96 bits per heavy atom. The molecule has 2 heterocycles. The molecule has 3 aromatic rings. The Morgan fingerprint density at radius 1 is 1.19 bits per heavy atom. The Labute approximate surface area is 169 Å². The maximum Gasteiger partial charge on any atom is 0.225 e. The number of H-pyrrole nitrogens is 1. The van der Waals surface area contributed by atoms with Gasteiger partial charge in [0.2, 0.25) is 5.91 Å². The smallest absolute Gasteiger partial charge is 0.225 e. The van der Waals surface area contributed by atoms with E-state index < -0.39 is 0 Å². The summed E-state index contributed by atoms with van der Waals surface area (Å²) in [5, 5.41) is 6.27. The molecule has 144 valence electrons. The lowest BCUT2D eigenvalue weighted by Gasteiger charge is -2.10. The molecule has 5 nitrogen and oxygen atoms in total. The standard InChI is InChI=1S/C19H19FN4O.2ClH/c20-13-5-3-12(4-6-13)19-23-16-8-7-15(10-17(16)24-19)22-18(25)11-14-2-1-9-21-14;;/h3-8,10,14,21H,1-2,9,11H2,(H,22,25)(H,23,24);2*1H. The summed E-state index contributed by atoms with van der Waals surface area (Å²) in [4.78, 5) is 19.9. The molecule has 8 heteroatoms. The van der Waals surface area contributed by atoms with Crippen molar-refractivity contribution in [2.75, 3.05) is 11.9 Å². The molecule has 1 aromatic heterocycles. The third-order valence-electron chi connectivity index (χ3n) is 4.48. The molecule has 1 atom stereocenters. The summed E-state index contributed by atoms with van der Waals surface area (Å²) in [5.74, 6) is 0.410. The summed E-state index contributed by atoms with van der Waals surface area (Å²) in [5.41, 5.74) is 3.19. The van der Waals surface area contributed by atoms with E-state index in [0.29, 0.717) is 12.2 Å². The van der Waals surface area contributed by atoms with Gasteiger partial charge in [0.1, 0.15) is 11.6 Å². The molecule has 4 rings (SSSR count). The van der Waals surface area contributed by atoms with E-state index in [4.69, 9.17) is 0 Å². The molecule has 27 heavy (non-hydrogen) atoms. The Kier molecular flexibility index (Phi) is 7.18. The van der Waals surface area contributed by atoms with E-state index >= 15 is 0 Å². The molecule has 1 unspecified atom stereocenters. The number of imidazole rings is 1. The van der Waals surface area contributed by atoms with E-state index in [0.717, 1.165) is 41.7 Å². The van der Waals surface area contributed by atoms with Crippen molar-refractivity contribution in [3.8, 4) is 11.4 Å². The number of anilines is 1. The number of aromatic nitrogens is 2. The maximum atomic E-state index is 13.1. The first-order chi connectivity index (χ1) is 12.2. The fourth-order valence-corrected chi connectivity index (χ4v) is 3.20. The van der Waals surface area contributed by atoms with E-state index in [2.05, 4.69) is 20.6 Å². The van der Waals surface area contributed by atoms with Crippen molar-refractivity contribution in [3.05, 3.63) is 48.3 Å². The molecular formula is C19H21Cl2FN4O. The van der Waals surface area contributed by atoms with E-state index in [1.807, 2.05) is 18.2 Å². The Bertz CT molecular complexity index is 908. The van der Waals surface area contributed by atoms with Crippen LogP contribution in [0.15, 0.2) is 42.5 Å². The van der Waals surface area contributed by atoms with Gasteiger partial charge in [0, 0.05) is 23.7 Å². The number of carbonyl (C=O) groups is 1. The quantitative estimate of drug-likeness (QED) is 0.600. The summed E-state index contributed by atoms with van der Waals surface area (Å²) >= 11 is 0. The molecule has 0 aliphatic carbocycles. The normalized spacial score (nSPS) is 15.8. The number of carbonyl (C=O) groups excluding carboxylic acids is 1. The van der Waals surface area contributed by atoms with Gasteiger partial charge in [-0.05, 0) is 61.9 Å². The summed E-state index contributed by atoms with van der Waals surface area (Å²) in [7, 11) is 0. The van der Waals surface area contributed by atoms with Crippen LogP contribution >= 0.6 is 24.8 Å². The Morgan fingerprint density at radius 3 is 2.67 bits per heavy atom. The number of aromatic amines is 1. The number of halogens is 3. The molecule has 1 saturated heterocycles. The van der Waals surface area contributed by atoms with Crippen LogP contribution in [0.2, 0.25) is 0 Å². The highest BCUT2D eigenvalue weighted by molar-refractivity contribution is 5.93. The van der Waals surface area contributed by atoms with Crippen LogP contribution in [0.3, 0.4) is 0 Å². The Balaban J connectivity index is 0.00000131. The minimum Gasteiger partial charge on any atom is -0.338 e. The average molecular weight is 411 g/mol. The monoisotopic (exact) mass is 410 g/mol. The minimum absolute atomic E-state index is 0. The van der Waals surface area contributed by atoms with Crippen molar-refractivity contribution in [2.45, 2.75) is 25.3 Å². The third kappa shape index (κ3) is 4.97. The van der Waals surface area contributed by atoms with Crippen LogP contribution in [-0.2, 0) is 4.79 Å². The summed E-state index contributed by atoms with van der Waals surface area (Å²) in [6.07, 6.45) is 2.67. The lowest BCUT2D eigenvalue weighted by molar-refractivity contribution is -0.116. The molecule has 1 aliphatic heterocycles. The van der Waals surface area contributed by atoms with Crippen LogP contribution in [-0.4, -0.2) is 28.5 Å². The van der Waals surface area contributed by atoms with Gasteiger partial charge in [-0.2, -0.15) is 0 Å². The molecule has 0 spiro atoms. The van der Waals surface area contributed by atoms with Crippen LogP contribution < -0.4 is 10.6 Å². The molecule has 0 radical (unpaired) electrons. The first kappa shape index (κ1) is 21.2. The van der Waals surface area contributed by atoms with Gasteiger partial charge in [-0.1, -0.05) is 0 Å². The van der Waals surface area contributed by atoms with Gasteiger partial charge in [0.05, 0.1) is 11.0 Å². The summed E-state index contributed by atoms with van der Waals surface area (Å²) in [6.45, 7) is 0.990. The number of rotatable bonds is 4. The van der Waals surface area contributed by atoms with Crippen LogP contribution in [0.4, 0.5) is 10.1 Å². The molecule has 3 N–H and O–H groups in total. The lowest BCUT2D eigenvalue weighted by atomic mass is 10.1.